The van der Waals surface area contributed by atoms with Crippen LogP contribution in [0.2, 0.25) is 0 Å². The number of carbonyl (C=O) groups excluding carboxylic acids is 1. The standard InChI is InChI=1S/C15H14BrNO2/c1-10-5-6-12(9-14(10)16)17-15(19)8-11-3-2-4-13(18)7-11/h2-7,9,18H,8H2,1H3,(H,17,19). The molecule has 0 aliphatic carbocycles. The third-order valence-electron chi connectivity index (χ3n) is 2.73. The summed E-state index contributed by atoms with van der Waals surface area (Å²) in [6.07, 6.45) is 0.236. The first-order valence-corrected chi connectivity index (χ1v) is 6.68. The predicted molar refractivity (Wildman–Crippen MR) is 79.3 cm³/mol. The highest BCUT2D eigenvalue weighted by molar-refractivity contribution is 9.10. The van der Waals surface area contributed by atoms with Crippen LogP contribution in [0.1, 0.15) is 11.1 Å². The number of phenols is 1. The summed E-state index contributed by atoms with van der Waals surface area (Å²) in [4.78, 5) is 11.9. The molecule has 3 nitrogen and oxygen atoms in total. The number of halogens is 1. The third-order valence-corrected chi connectivity index (χ3v) is 3.59. The second kappa shape index (κ2) is 5.89. The normalized spacial score (nSPS) is 10.2. The number of benzene rings is 2. The van der Waals surface area contributed by atoms with E-state index in [2.05, 4.69) is 21.2 Å². The van der Waals surface area contributed by atoms with E-state index in [0.717, 1.165) is 21.3 Å². The average molecular weight is 320 g/mol. The molecule has 2 aromatic carbocycles. The van der Waals surface area contributed by atoms with Gasteiger partial charge in [-0.15, -0.1) is 0 Å². The molecule has 0 radical (unpaired) electrons. The maximum atomic E-state index is 11.9. The molecule has 2 N–H and O–H groups in total. The van der Waals surface area contributed by atoms with Gasteiger partial charge in [0.2, 0.25) is 5.91 Å². The summed E-state index contributed by atoms with van der Waals surface area (Å²) in [5, 5.41) is 12.2. The molecule has 98 valence electrons. The average Bonchev–Trinajstić information content (AvgIpc) is 2.34. The number of nitrogens with one attached hydrogen (secondary N) is 1. The summed E-state index contributed by atoms with van der Waals surface area (Å²) in [5.41, 5.74) is 2.65. The zero-order valence-electron chi connectivity index (χ0n) is 10.5. The summed E-state index contributed by atoms with van der Waals surface area (Å²) in [5.74, 6) is 0.0599. The topological polar surface area (TPSA) is 49.3 Å². The predicted octanol–water partition coefficient (Wildman–Crippen LogP) is 3.64. The fourth-order valence-corrected chi connectivity index (χ4v) is 2.11. The molecule has 19 heavy (non-hydrogen) atoms. The van der Waals surface area contributed by atoms with Crippen molar-refractivity contribution in [2.75, 3.05) is 5.32 Å². The molecule has 2 rings (SSSR count). The Morgan fingerprint density at radius 1 is 1.26 bits per heavy atom. The maximum absolute atomic E-state index is 11.9. The van der Waals surface area contributed by atoms with Crippen molar-refractivity contribution in [2.24, 2.45) is 0 Å². The highest BCUT2D eigenvalue weighted by atomic mass is 79.9. The molecule has 0 aliphatic rings. The van der Waals surface area contributed by atoms with E-state index < -0.39 is 0 Å². The Morgan fingerprint density at radius 2 is 2.05 bits per heavy atom. The molecule has 0 spiro atoms. The molecule has 4 heteroatoms. The van der Waals surface area contributed by atoms with E-state index in [1.165, 1.54) is 0 Å². The van der Waals surface area contributed by atoms with Crippen molar-refractivity contribution in [3.63, 3.8) is 0 Å². The van der Waals surface area contributed by atoms with Gasteiger partial charge in [-0.2, -0.15) is 0 Å². The van der Waals surface area contributed by atoms with Crippen molar-refractivity contribution in [3.05, 3.63) is 58.1 Å². The van der Waals surface area contributed by atoms with Crippen LogP contribution < -0.4 is 5.32 Å². The van der Waals surface area contributed by atoms with Gasteiger partial charge in [0.15, 0.2) is 0 Å². The van der Waals surface area contributed by atoms with Crippen molar-refractivity contribution in [1.82, 2.24) is 0 Å². The first kappa shape index (κ1) is 13.6. The molecular weight excluding hydrogens is 306 g/mol. The van der Waals surface area contributed by atoms with Crippen LogP contribution in [0.15, 0.2) is 46.9 Å². The Hall–Kier alpha value is -1.81. The molecule has 2 aromatic rings. The Balaban J connectivity index is 2.03. The lowest BCUT2D eigenvalue weighted by Gasteiger charge is -2.07. The van der Waals surface area contributed by atoms with E-state index in [-0.39, 0.29) is 18.1 Å². The molecule has 1 amide bonds. The highest BCUT2D eigenvalue weighted by Gasteiger charge is 2.05. The van der Waals surface area contributed by atoms with Crippen LogP contribution >= 0.6 is 15.9 Å². The smallest absolute Gasteiger partial charge is 0.228 e. The number of hydrogen-bond donors (Lipinski definition) is 2. The van der Waals surface area contributed by atoms with Crippen LogP contribution in [0.25, 0.3) is 0 Å². The van der Waals surface area contributed by atoms with Crippen LogP contribution in [0.4, 0.5) is 5.69 Å². The number of rotatable bonds is 3. The van der Waals surface area contributed by atoms with Gasteiger partial charge in [-0.25, -0.2) is 0 Å². The number of hydrogen-bond acceptors (Lipinski definition) is 2. The molecule has 0 bridgehead atoms. The molecule has 0 atom stereocenters. The van der Waals surface area contributed by atoms with Gasteiger partial charge in [0.1, 0.15) is 5.75 Å². The SMILES string of the molecule is Cc1ccc(NC(=O)Cc2cccc(O)c2)cc1Br. The number of carbonyl (C=O) groups is 1. The minimum Gasteiger partial charge on any atom is -0.508 e. The lowest BCUT2D eigenvalue weighted by Crippen LogP contribution is -2.14. The Bertz CT molecular complexity index is 611. The van der Waals surface area contributed by atoms with Crippen LogP contribution in [-0.4, -0.2) is 11.0 Å². The quantitative estimate of drug-likeness (QED) is 0.907. The van der Waals surface area contributed by atoms with Crippen LogP contribution in [0, 0.1) is 6.92 Å². The third kappa shape index (κ3) is 3.83. The van der Waals surface area contributed by atoms with Gasteiger partial charge in [0, 0.05) is 10.2 Å². The maximum Gasteiger partial charge on any atom is 0.228 e. The lowest BCUT2D eigenvalue weighted by molar-refractivity contribution is -0.115. The Kier molecular flexibility index (Phi) is 4.22. The van der Waals surface area contributed by atoms with Crippen LogP contribution in [0.5, 0.6) is 5.75 Å². The van der Waals surface area contributed by atoms with Crippen molar-refractivity contribution in [1.29, 1.82) is 0 Å². The number of aryl methyl sites for hydroxylation is 1. The van der Waals surface area contributed by atoms with Gasteiger partial charge in [-0.1, -0.05) is 34.1 Å². The van der Waals surface area contributed by atoms with Gasteiger partial charge in [0.25, 0.3) is 0 Å². The number of aromatic hydroxyl groups is 1. The summed E-state index contributed by atoms with van der Waals surface area (Å²) in [6, 6.07) is 12.4. The zero-order valence-corrected chi connectivity index (χ0v) is 12.1. The minimum atomic E-state index is -0.110. The molecule has 0 heterocycles. The molecule has 0 aliphatic heterocycles. The van der Waals surface area contributed by atoms with Gasteiger partial charge >= 0.3 is 0 Å². The van der Waals surface area contributed by atoms with E-state index in [0.29, 0.717) is 0 Å². The minimum absolute atomic E-state index is 0.110. The van der Waals surface area contributed by atoms with Gasteiger partial charge < -0.3 is 10.4 Å². The zero-order chi connectivity index (χ0) is 13.8. The van der Waals surface area contributed by atoms with E-state index in [9.17, 15) is 9.90 Å². The van der Waals surface area contributed by atoms with E-state index in [4.69, 9.17) is 0 Å². The Labute approximate surface area is 120 Å². The molecule has 0 aromatic heterocycles. The van der Waals surface area contributed by atoms with Gasteiger partial charge in [-0.3, -0.25) is 4.79 Å². The Morgan fingerprint density at radius 3 is 2.74 bits per heavy atom. The number of amides is 1. The molecule has 0 saturated heterocycles. The summed E-state index contributed by atoms with van der Waals surface area (Å²) >= 11 is 3.43. The van der Waals surface area contributed by atoms with Crippen LogP contribution in [-0.2, 0) is 11.2 Å². The van der Waals surface area contributed by atoms with Crippen molar-refractivity contribution < 1.29 is 9.90 Å². The largest absolute Gasteiger partial charge is 0.508 e. The van der Waals surface area contributed by atoms with E-state index >= 15 is 0 Å². The number of anilines is 1. The first-order valence-electron chi connectivity index (χ1n) is 5.88. The van der Waals surface area contributed by atoms with Gasteiger partial charge in [0.05, 0.1) is 6.42 Å². The van der Waals surface area contributed by atoms with Gasteiger partial charge in [-0.05, 0) is 42.3 Å². The molecule has 0 saturated carbocycles. The van der Waals surface area contributed by atoms with Crippen molar-refractivity contribution in [3.8, 4) is 5.75 Å². The summed E-state index contributed by atoms with van der Waals surface area (Å²) in [7, 11) is 0. The fourth-order valence-electron chi connectivity index (χ4n) is 1.73. The fraction of sp³-hybridized carbons (Fsp3) is 0.133. The first-order chi connectivity index (χ1) is 9.04. The van der Waals surface area contributed by atoms with E-state index in [1.807, 2.05) is 31.2 Å². The monoisotopic (exact) mass is 319 g/mol. The number of phenolic OH excluding ortho intramolecular Hbond substituents is 1. The second-order valence-electron chi connectivity index (χ2n) is 4.36. The second-order valence-corrected chi connectivity index (χ2v) is 5.21. The van der Waals surface area contributed by atoms with Crippen molar-refractivity contribution >= 4 is 27.5 Å². The summed E-state index contributed by atoms with van der Waals surface area (Å²) in [6.45, 7) is 1.99. The molecule has 0 unspecified atom stereocenters. The highest BCUT2D eigenvalue weighted by Crippen LogP contribution is 2.21. The van der Waals surface area contributed by atoms with E-state index in [1.54, 1.807) is 18.2 Å². The van der Waals surface area contributed by atoms with Crippen LogP contribution in [0.3, 0.4) is 0 Å². The van der Waals surface area contributed by atoms with Crippen molar-refractivity contribution in [2.45, 2.75) is 13.3 Å². The summed E-state index contributed by atoms with van der Waals surface area (Å²) < 4.78 is 0.961. The molecule has 0 fully saturated rings. The molecular formula is C15H14BrNO2. The lowest BCUT2D eigenvalue weighted by atomic mass is 10.1.